The highest BCUT2D eigenvalue weighted by molar-refractivity contribution is 5.89. The monoisotopic (exact) mass is 374 g/mol. The maximum Gasteiger partial charge on any atom is 0.319 e. The van der Waals surface area contributed by atoms with Gasteiger partial charge in [0.25, 0.3) is 0 Å². The van der Waals surface area contributed by atoms with Crippen LogP contribution in [-0.2, 0) is 11.8 Å². The number of carbonyl (C=O) groups is 1. The van der Waals surface area contributed by atoms with Crippen LogP contribution >= 0.6 is 0 Å². The van der Waals surface area contributed by atoms with Gasteiger partial charge in [0.2, 0.25) is 0 Å². The van der Waals surface area contributed by atoms with Gasteiger partial charge in [-0.25, -0.2) is 14.8 Å². The minimum Gasteiger partial charge on any atom is -0.338 e. The van der Waals surface area contributed by atoms with E-state index in [-0.39, 0.29) is 11.4 Å². The summed E-state index contributed by atoms with van der Waals surface area (Å²) in [4.78, 5) is 20.9. The second-order valence-corrected chi connectivity index (χ2v) is 7.74. The molecule has 0 atom stereocenters. The van der Waals surface area contributed by atoms with Crippen LogP contribution in [0.1, 0.15) is 31.9 Å². The van der Waals surface area contributed by atoms with Gasteiger partial charge in [-0.15, -0.1) is 0 Å². The van der Waals surface area contributed by atoms with E-state index in [1.807, 2.05) is 54.6 Å². The Balaban J connectivity index is 1.46. The minimum atomic E-state index is -0.217. The number of anilines is 1. The predicted molar refractivity (Wildman–Crippen MR) is 113 cm³/mol. The highest BCUT2D eigenvalue weighted by Gasteiger charge is 2.13. The normalized spacial score (nSPS) is 11.1. The van der Waals surface area contributed by atoms with Crippen LogP contribution in [0.15, 0.2) is 67.0 Å². The number of amides is 2. The number of hydrogen-bond acceptors (Lipinski definition) is 3. The fourth-order valence-corrected chi connectivity index (χ4v) is 2.77. The highest BCUT2D eigenvalue weighted by Crippen LogP contribution is 2.23. The molecule has 3 aromatic rings. The second-order valence-electron chi connectivity index (χ2n) is 7.74. The molecule has 1 aromatic heterocycles. The van der Waals surface area contributed by atoms with Crippen LogP contribution in [0.25, 0.3) is 11.4 Å². The zero-order chi connectivity index (χ0) is 20.0. The lowest BCUT2D eigenvalue weighted by Crippen LogP contribution is -2.30. The molecule has 2 amide bonds. The van der Waals surface area contributed by atoms with Crippen molar-refractivity contribution in [2.24, 2.45) is 0 Å². The SMILES string of the molecule is CC(C)(C)c1ccc(NC(=O)NCCc2cnc(-c3ccccc3)nc2)cc1. The molecule has 0 aliphatic rings. The molecule has 0 spiro atoms. The van der Waals surface area contributed by atoms with E-state index < -0.39 is 0 Å². The molecule has 2 aromatic carbocycles. The molecule has 0 unspecified atom stereocenters. The molecule has 2 N–H and O–H groups in total. The van der Waals surface area contributed by atoms with Crippen LogP contribution in [0, 0.1) is 0 Å². The fraction of sp³-hybridized carbons (Fsp3) is 0.261. The summed E-state index contributed by atoms with van der Waals surface area (Å²) in [5.41, 5.74) is 4.08. The lowest BCUT2D eigenvalue weighted by atomic mass is 9.87. The first-order valence-electron chi connectivity index (χ1n) is 9.43. The van der Waals surface area contributed by atoms with E-state index in [0.717, 1.165) is 16.8 Å². The number of nitrogens with one attached hydrogen (secondary N) is 2. The number of carbonyl (C=O) groups excluding carboxylic acids is 1. The molecule has 0 saturated heterocycles. The van der Waals surface area contributed by atoms with E-state index >= 15 is 0 Å². The van der Waals surface area contributed by atoms with E-state index in [2.05, 4.69) is 41.4 Å². The van der Waals surface area contributed by atoms with Gasteiger partial charge < -0.3 is 10.6 Å². The minimum absolute atomic E-state index is 0.0962. The Morgan fingerprint density at radius 2 is 1.57 bits per heavy atom. The van der Waals surface area contributed by atoms with Gasteiger partial charge in [0, 0.05) is 30.2 Å². The Hall–Kier alpha value is -3.21. The summed E-state index contributed by atoms with van der Waals surface area (Å²) in [6.45, 7) is 7.01. The molecule has 3 rings (SSSR count). The first-order chi connectivity index (χ1) is 13.4. The van der Waals surface area contributed by atoms with Crippen molar-refractivity contribution in [2.45, 2.75) is 32.6 Å². The number of aromatic nitrogens is 2. The molecule has 5 nitrogen and oxygen atoms in total. The second kappa shape index (κ2) is 8.65. The van der Waals surface area contributed by atoms with E-state index in [1.54, 1.807) is 12.4 Å². The number of benzene rings is 2. The first-order valence-corrected chi connectivity index (χ1v) is 9.43. The maximum absolute atomic E-state index is 12.1. The van der Waals surface area contributed by atoms with Crippen LogP contribution in [0.4, 0.5) is 10.5 Å². The van der Waals surface area contributed by atoms with Crippen molar-refractivity contribution in [3.63, 3.8) is 0 Å². The summed E-state index contributed by atoms with van der Waals surface area (Å²) in [6.07, 6.45) is 4.28. The van der Waals surface area contributed by atoms with Crippen LogP contribution in [0.3, 0.4) is 0 Å². The van der Waals surface area contributed by atoms with Crippen molar-refractivity contribution in [1.82, 2.24) is 15.3 Å². The molecule has 0 aliphatic carbocycles. The summed E-state index contributed by atoms with van der Waals surface area (Å²) in [5.74, 6) is 0.703. The number of rotatable bonds is 5. The van der Waals surface area contributed by atoms with Gasteiger partial charge >= 0.3 is 6.03 Å². The molecule has 0 bridgehead atoms. The lowest BCUT2D eigenvalue weighted by molar-refractivity contribution is 0.252. The van der Waals surface area contributed by atoms with Crippen molar-refractivity contribution in [1.29, 1.82) is 0 Å². The molecule has 0 saturated carbocycles. The molecule has 1 heterocycles. The van der Waals surface area contributed by atoms with Gasteiger partial charge in [0.05, 0.1) is 0 Å². The van der Waals surface area contributed by atoms with Gasteiger partial charge in [0.1, 0.15) is 0 Å². The molecule has 28 heavy (non-hydrogen) atoms. The smallest absolute Gasteiger partial charge is 0.319 e. The third-order valence-corrected chi connectivity index (χ3v) is 4.45. The standard InChI is InChI=1S/C23H26N4O/c1-23(2,3)19-9-11-20(12-10-19)27-22(28)24-14-13-17-15-25-21(26-16-17)18-7-5-4-6-8-18/h4-12,15-16H,13-14H2,1-3H3,(H2,24,27,28). The van der Waals surface area contributed by atoms with Crippen LogP contribution in [0.5, 0.6) is 0 Å². The van der Waals surface area contributed by atoms with E-state index in [1.165, 1.54) is 5.56 Å². The van der Waals surface area contributed by atoms with Gasteiger partial charge in [-0.05, 0) is 35.1 Å². The van der Waals surface area contributed by atoms with Crippen LogP contribution in [-0.4, -0.2) is 22.5 Å². The third kappa shape index (κ3) is 5.39. The van der Waals surface area contributed by atoms with Crippen molar-refractivity contribution in [3.8, 4) is 11.4 Å². The van der Waals surface area contributed by atoms with E-state index in [4.69, 9.17) is 0 Å². The van der Waals surface area contributed by atoms with E-state index in [0.29, 0.717) is 18.8 Å². The topological polar surface area (TPSA) is 66.9 Å². The van der Waals surface area contributed by atoms with Crippen molar-refractivity contribution < 1.29 is 4.79 Å². The predicted octanol–water partition coefficient (Wildman–Crippen LogP) is 4.81. The molecule has 0 radical (unpaired) electrons. The average molecular weight is 374 g/mol. The largest absolute Gasteiger partial charge is 0.338 e. The molecular weight excluding hydrogens is 348 g/mol. The quantitative estimate of drug-likeness (QED) is 0.674. The average Bonchev–Trinajstić information content (AvgIpc) is 2.69. The van der Waals surface area contributed by atoms with Crippen molar-refractivity contribution in [2.75, 3.05) is 11.9 Å². The first kappa shape index (κ1) is 19.5. The number of nitrogens with zero attached hydrogens (tertiary/aromatic N) is 2. The van der Waals surface area contributed by atoms with E-state index in [9.17, 15) is 4.79 Å². The summed E-state index contributed by atoms with van der Waals surface area (Å²) in [7, 11) is 0. The van der Waals surface area contributed by atoms with Crippen molar-refractivity contribution >= 4 is 11.7 Å². The maximum atomic E-state index is 12.1. The molecular formula is C23H26N4O. The lowest BCUT2D eigenvalue weighted by Gasteiger charge is -2.19. The Bertz CT molecular complexity index is 898. The van der Waals surface area contributed by atoms with Crippen molar-refractivity contribution in [3.05, 3.63) is 78.1 Å². The number of hydrogen-bond donors (Lipinski definition) is 2. The Morgan fingerprint density at radius 1 is 0.929 bits per heavy atom. The molecule has 5 heteroatoms. The van der Waals surface area contributed by atoms with Gasteiger partial charge in [-0.2, -0.15) is 0 Å². The Kier molecular flexibility index (Phi) is 6.04. The zero-order valence-electron chi connectivity index (χ0n) is 16.6. The van der Waals surface area contributed by atoms with Gasteiger partial charge in [0.15, 0.2) is 5.82 Å². The summed E-state index contributed by atoms with van der Waals surface area (Å²) in [5, 5.41) is 5.72. The summed E-state index contributed by atoms with van der Waals surface area (Å²) < 4.78 is 0. The Labute approximate surface area is 166 Å². The fourth-order valence-electron chi connectivity index (χ4n) is 2.77. The Morgan fingerprint density at radius 3 is 2.18 bits per heavy atom. The van der Waals surface area contributed by atoms with Crippen LogP contribution < -0.4 is 10.6 Å². The number of urea groups is 1. The third-order valence-electron chi connectivity index (χ3n) is 4.45. The van der Waals surface area contributed by atoms with Crippen LogP contribution in [0.2, 0.25) is 0 Å². The highest BCUT2D eigenvalue weighted by atomic mass is 16.2. The molecule has 144 valence electrons. The summed E-state index contributed by atoms with van der Waals surface area (Å²) in [6, 6.07) is 17.6. The molecule has 0 fully saturated rings. The van der Waals surface area contributed by atoms with Gasteiger partial charge in [-0.3, -0.25) is 0 Å². The molecule has 0 aliphatic heterocycles. The zero-order valence-corrected chi connectivity index (χ0v) is 16.6. The summed E-state index contributed by atoms with van der Waals surface area (Å²) >= 11 is 0. The van der Waals surface area contributed by atoms with Gasteiger partial charge in [-0.1, -0.05) is 63.2 Å².